The number of hydrogen-bond acceptors (Lipinski definition) is 10. The van der Waals surface area contributed by atoms with Gasteiger partial charge in [0.1, 0.15) is 64.0 Å². The summed E-state index contributed by atoms with van der Waals surface area (Å²) in [7, 11) is 0. The van der Waals surface area contributed by atoms with Crippen LogP contribution in [0, 0.1) is 0 Å². The lowest BCUT2D eigenvalue weighted by molar-refractivity contribution is 0.214. The van der Waals surface area contributed by atoms with Crippen LogP contribution < -0.4 is 9.47 Å². The molecule has 5 aromatic rings. The second-order valence-electron chi connectivity index (χ2n) is 11.3. The maximum atomic E-state index is 11.6. The van der Waals surface area contributed by atoms with Gasteiger partial charge in [0.25, 0.3) is 0 Å². The summed E-state index contributed by atoms with van der Waals surface area (Å²) >= 11 is 0. The maximum Gasteiger partial charge on any atom is 0.138 e. The molecule has 0 aromatic heterocycles. The largest absolute Gasteiger partial charge is 0.508 e. The van der Waals surface area contributed by atoms with Gasteiger partial charge < -0.3 is 50.3 Å². The average Bonchev–Trinajstić information content (AvgIpc) is 3.57. The third-order valence-electron chi connectivity index (χ3n) is 8.43. The third kappa shape index (κ3) is 4.72. The van der Waals surface area contributed by atoms with Crippen LogP contribution in [0.2, 0.25) is 0 Å². The van der Waals surface area contributed by atoms with Crippen LogP contribution in [0.3, 0.4) is 0 Å². The van der Waals surface area contributed by atoms with Crippen molar-refractivity contribution in [3.05, 3.63) is 124 Å². The zero-order valence-electron chi connectivity index (χ0n) is 23.5. The predicted octanol–water partition coefficient (Wildman–Crippen LogP) is 5.65. The van der Waals surface area contributed by atoms with E-state index in [0.717, 1.165) is 0 Å². The lowest BCUT2D eigenvalue weighted by Crippen LogP contribution is -2.12. The van der Waals surface area contributed by atoms with Gasteiger partial charge in [-0.05, 0) is 82.9 Å². The lowest BCUT2D eigenvalue weighted by atomic mass is 9.81. The Morgan fingerprint density at radius 1 is 0.467 bits per heavy atom. The van der Waals surface area contributed by atoms with Crippen molar-refractivity contribution in [3.63, 3.8) is 0 Å². The van der Waals surface area contributed by atoms with Crippen LogP contribution >= 0.6 is 0 Å². The minimum Gasteiger partial charge on any atom is -0.508 e. The van der Waals surface area contributed by atoms with Gasteiger partial charge in [0.05, 0.1) is 18.4 Å². The summed E-state index contributed by atoms with van der Waals surface area (Å²) in [4.78, 5) is 0. The monoisotopic (exact) mass is 608 g/mol. The molecule has 2 aliphatic rings. The molecular weight excluding hydrogens is 580 g/mol. The van der Waals surface area contributed by atoms with Crippen molar-refractivity contribution in [2.75, 3.05) is 0 Å². The fourth-order valence-electron chi connectivity index (χ4n) is 6.52. The van der Waals surface area contributed by atoms with Crippen molar-refractivity contribution in [3.8, 4) is 51.7 Å². The van der Waals surface area contributed by atoms with Gasteiger partial charge in [0.2, 0.25) is 0 Å². The number of ether oxygens (including phenoxy) is 2. The summed E-state index contributed by atoms with van der Waals surface area (Å²) in [6.45, 7) is -0.316. The topological polar surface area (TPSA) is 180 Å². The Morgan fingerprint density at radius 2 is 1.04 bits per heavy atom. The SMILES string of the molecule is OCc1cc(O)c2c(c1)OC(c1ccc(O)cc1)C2c1cc(O)c2c(c1)OC(c1ccc(O)cc1O)C2c1cc(O)cc(O)c1. The van der Waals surface area contributed by atoms with Crippen LogP contribution in [0.4, 0.5) is 0 Å². The summed E-state index contributed by atoms with van der Waals surface area (Å²) in [6, 6.07) is 20.8. The predicted molar refractivity (Wildman–Crippen MR) is 160 cm³/mol. The number of phenols is 7. The van der Waals surface area contributed by atoms with Crippen LogP contribution in [0.5, 0.6) is 51.7 Å². The molecule has 0 spiro atoms. The van der Waals surface area contributed by atoms with Crippen molar-refractivity contribution in [1.29, 1.82) is 0 Å². The quantitative estimate of drug-likeness (QED) is 0.124. The molecule has 5 aromatic carbocycles. The molecular formula is C35H28O10. The summed E-state index contributed by atoms with van der Waals surface area (Å²) in [6.07, 6.45) is -1.64. The van der Waals surface area contributed by atoms with Gasteiger partial charge in [-0.1, -0.05) is 12.1 Å². The second kappa shape index (κ2) is 10.5. The Bertz CT molecular complexity index is 1930. The Kier molecular flexibility index (Phi) is 6.52. The minimum absolute atomic E-state index is 0.0624. The van der Waals surface area contributed by atoms with E-state index in [1.54, 1.807) is 24.3 Å². The molecule has 0 aliphatic carbocycles. The Hall–Kier alpha value is -5.74. The molecule has 2 aliphatic heterocycles. The molecule has 8 N–H and O–H groups in total. The first-order chi connectivity index (χ1) is 21.6. The van der Waals surface area contributed by atoms with Crippen molar-refractivity contribution < 1.29 is 50.3 Å². The highest BCUT2D eigenvalue weighted by Gasteiger charge is 2.44. The fourth-order valence-corrected chi connectivity index (χ4v) is 6.52. The Morgan fingerprint density at radius 3 is 1.71 bits per heavy atom. The van der Waals surface area contributed by atoms with E-state index < -0.39 is 24.0 Å². The van der Waals surface area contributed by atoms with Crippen molar-refractivity contribution >= 4 is 0 Å². The third-order valence-corrected chi connectivity index (χ3v) is 8.43. The van der Waals surface area contributed by atoms with Gasteiger partial charge in [0, 0.05) is 28.8 Å². The standard InChI is InChI=1S/C35H28O10/c36-15-16-7-26(42)32-28(8-16)44-34(17-1-3-20(37)4-2-17)30(32)19-11-27(43)33-29(12-19)45-35(24-6-5-21(38)14-25(24)41)31(33)18-9-22(39)13-23(40)10-18/h1-14,30-31,34-43H,15H2. The zero-order chi connectivity index (χ0) is 31.6. The molecule has 0 radical (unpaired) electrons. The number of aliphatic hydroxyl groups is 1. The minimum atomic E-state index is -0.941. The average molecular weight is 609 g/mol. The van der Waals surface area contributed by atoms with E-state index >= 15 is 0 Å². The molecule has 0 bridgehead atoms. The van der Waals surface area contributed by atoms with Crippen LogP contribution in [0.15, 0.2) is 84.9 Å². The summed E-state index contributed by atoms with van der Waals surface area (Å²) < 4.78 is 12.7. The highest BCUT2D eigenvalue weighted by Crippen LogP contribution is 2.59. The van der Waals surface area contributed by atoms with Crippen molar-refractivity contribution in [2.24, 2.45) is 0 Å². The van der Waals surface area contributed by atoms with Gasteiger partial charge >= 0.3 is 0 Å². The maximum absolute atomic E-state index is 11.6. The van der Waals surface area contributed by atoms with Gasteiger partial charge in [0.15, 0.2) is 0 Å². The molecule has 10 heteroatoms. The summed E-state index contributed by atoms with van der Waals surface area (Å²) in [5.41, 5.74) is 3.11. The van der Waals surface area contributed by atoms with Crippen LogP contribution in [-0.4, -0.2) is 40.9 Å². The van der Waals surface area contributed by atoms with E-state index in [9.17, 15) is 40.9 Å². The molecule has 0 saturated heterocycles. The number of aromatic hydroxyl groups is 7. The lowest BCUT2D eigenvalue weighted by Gasteiger charge is -2.22. The normalized spacial score (nSPS) is 19.8. The number of rotatable bonds is 5. The van der Waals surface area contributed by atoms with Gasteiger partial charge in [-0.3, -0.25) is 0 Å². The molecule has 4 atom stereocenters. The van der Waals surface area contributed by atoms with Crippen LogP contribution in [-0.2, 0) is 6.61 Å². The highest BCUT2D eigenvalue weighted by atomic mass is 16.5. The zero-order valence-corrected chi connectivity index (χ0v) is 23.5. The van der Waals surface area contributed by atoms with E-state index in [1.165, 1.54) is 60.7 Å². The fraction of sp³-hybridized carbons (Fsp3) is 0.143. The molecule has 4 unspecified atom stereocenters. The smallest absolute Gasteiger partial charge is 0.138 e. The first-order valence-electron chi connectivity index (χ1n) is 14.1. The molecule has 7 rings (SSSR count). The number of aliphatic hydroxyl groups excluding tert-OH is 1. The summed E-state index contributed by atoms with van der Waals surface area (Å²) in [5.74, 6) is -1.93. The van der Waals surface area contributed by atoms with Gasteiger partial charge in [-0.15, -0.1) is 0 Å². The summed E-state index contributed by atoms with van der Waals surface area (Å²) in [5, 5.41) is 83.7. The van der Waals surface area contributed by atoms with Gasteiger partial charge in [-0.25, -0.2) is 0 Å². The van der Waals surface area contributed by atoms with Crippen LogP contribution in [0.25, 0.3) is 0 Å². The van der Waals surface area contributed by atoms with E-state index in [-0.39, 0.29) is 52.6 Å². The first-order valence-corrected chi connectivity index (χ1v) is 14.1. The second-order valence-corrected chi connectivity index (χ2v) is 11.3. The van der Waals surface area contributed by atoms with Crippen molar-refractivity contribution in [2.45, 2.75) is 30.7 Å². The number of hydrogen-bond donors (Lipinski definition) is 8. The Balaban J connectivity index is 1.41. The molecule has 2 heterocycles. The Labute approximate surface area is 256 Å². The molecule has 0 fully saturated rings. The van der Waals surface area contributed by atoms with Gasteiger partial charge in [-0.2, -0.15) is 0 Å². The van der Waals surface area contributed by atoms with E-state index in [2.05, 4.69) is 0 Å². The van der Waals surface area contributed by atoms with Crippen LogP contribution in [0.1, 0.15) is 63.0 Å². The molecule has 228 valence electrons. The number of fused-ring (bicyclic) bond motifs is 2. The first kappa shape index (κ1) is 28.1. The van der Waals surface area contributed by atoms with E-state index in [4.69, 9.17) is 9.47 Å². The van der Waals surface area contributed by atoms with E-state index in [1.807, 2.05) is 0 Å². The number of benzene rings is 5. The van der Waals surface area contributed by atoms with E-state index in [0.29, 0.717) is 44.7 Å². The highest BCUT2D eigenvalue weighted by molar-refractivity contribution is 5.63. The molecule has 10 nitrogen and oxygen atoms in total. The van der Waals surface area contributed by atoms with Crippen molar-refractivity contribution in [1.82, 2.24) is 0 Å². The molecule has 0 saturated carbocycles. The molecule has 0 amide bonds. The molecule has 45 heavy (non-hydrogen) atoms. The number of phenolic OH excluding ortho intramolecular Hbond substituents is 7.